The minimum absolute atomic E-state index is 0.0660. The number of benzene rings is 1. The third-order valence-corrected chi connectivity index (χ3v) is 4.03. The maximum Gasteiger partial charge on any atom is 0.307 e. The van der Waals surface area contributed by atoms with Crippen molar-refractivity contribution in [2.24, 2.45) is 11.8 Å². The third kappa shape index (κ3) is 1.95. The number of aliphatic carboxylic acids is 1. The number of nitrogens with zero attached hydrogens (tertiary/aromatic N) is 1. The summed E-state index contributed by atoms with van der Waals surface area (Å²) < 4.78 is 26.8. The van der Waals surface area contributed by atoms with Crippen molar-refractivity contribution in [3.05, 3.63) is 29.6 Å². The lowest BCUT2D eigenvalue weighted by Crippen LogP contribution is -2.17. The molecular formula is C14H14F2N2O2. The van der Waals surface area contributed by atoms with Crippen LogP contribution < -0.4 is 0 Å². The Morgan fingerprint density at radius 3 is 2.85 bits per heavy atom. The van der Waals surface area contributed by atoms with Gasteiger partial charge in [0, 0.05) is 5.92 Å². The van der Waals surface area contributed by atoms with Crippen LogP contribution in [0.15, 0.2) is 12.1 Å². The van der Waals surface area contributed by atoms with E-state index >= 15 is 0 Å². The molecule has 0 amide bonds. The molecule has 4 nitrogen and oxygen atoms in total. The highest BCUT2D eigenvalue weighted by Gasteiger charge is 2.39. The second kappa shape index (κ2) is 4.54. The number of imidazole rings is 1. The molecule has 1 heterocycles. The number of H-pyrrole nitrogens is 1. The van der Waals surface area contributed by atoms with Gasteiger partial charge in [0.25, 0.3) is 0 Å². The zero-order valence-corrected chi connectivity index (χ0v) is 10.9. The average molecular weight is 280 g/mol. The SMILES string of the molecule is CC1CC(C(=O)O)C(c2nc3c(F)c(F)ccc3[nH]2)C1. The van der Waals surface area contributed by atoms with Gasteiger partial charge < -0.3 is 10.1 Å². The van der Waals surface area contributed by atoms with Gasteiger partial charge in [-0.25, -0.2) is 13.8 Å². The molecule has 0 aliphatic heterocycles. The number of halogens is 2. The topological polar surface area (TPSA) is 66.0 Å². The molecule has 0 radical (unpaired) electrons. The predicted octanol–water partition coefficient (Wildman–Crippen LogP) is 3.06. The maximum absolute atomic E-state index is 13.7. The fourth-order valence-electron chi connectivity index (χ4n) is 3.08. The van der Waals surface area contributed by atoms with Crippen LogP contribution in [0.2, 0.25) is 0 Å². The molecule has 1 aliphatic rings. The van der Waals surface area contributed by atoms with Crippen LogP contribution in [0.25, 0.3) is 11.0 Å². The molecule has 1 aromatic heterocycles. The van der Waals surface area contributed by atoms with Crippen LogP contribution in [0, 0.1) is 23.5 Å². The van der Waals surface area contributed by atoms with E-state index in [-0.39, 0.29) is 17.4 Å². The van der Waals surface area contributed by atoms with Gasteiger partial charge >= 0.3 is 5.97 Å². The number of carboxylic acid groups (broad SMARTS) is 1. The molecule has 0 saturated heterocycles. The number of nitrogens with one attached hydrogen (secondary N) is 1. The number of carboxylic acids is 1. The lowest BCUT2D eigenvalue weighted by atomic mass is 9.96. The molecule has 1 saturated carbocycles. The van der Waals surface area contributed by atoms with E-state index in [1.54, 1.807) is 0 Å². The number of hydrogen-bond donors (Lipinski definition) is 2. The van der Waals surface area contributed by atoms with E-state index in [0.717, 1.165) is 6.07 Å². The van der Waals surface area contributed by atoms with E-state index in [4.69, 9.17) is 0 Å². The van der Waals surface area contributed by atoms with Crippen LogP contribution in [0.1, 0.15) is 31.5 Å². The Labute approximate surface area is 113 Å². The molecule has 2 N–H and O–H groups in total. The van der Waals surface area contributed by atoms with Gasteiger partial charge in [0.2, 0.25) is 0 Å². The van der Waals surface area contributed by atoms with Crippen molar-refractivity contribution in [3.63, 3.8) is 0 Å². The molecular weight excluding hydrogens is 266 g/mol. The van der Waals surface area contributed by atoms with Crippen LogP contribution in [0.3, 0.4) is 0 Å². The molecule has 106 valence electrons. The summed E-state index contributed by atoms with van der Waals surface area (Å²) in [7, 11) is 0. The van der Waals surface area contributed by atoms with Crippen LogP contribution >= 0.6 is 0 Å². The molecule has 20 heavy (non-hydrogen) atoms. The van der Waals surface area contributed by atoms with Crippen molar-refractivity contribution in [2.45, 2.75) is 25.7 Å². The number of rotatable bonds is 2. The van der Waals surface area contributed by atoms with Crippen LogP contribution in [-0.2, 0) is 4.79 Å². The minimum Gasteiger partial charge on any atom is -0.481 e. The summed E-state index contributed by atoms with van der Waals surface area (Å²) in [5, 5.41) is 9.26. The van der Waals surface area contributed by atoms with E-state index in [1.807, 2.05) is 6.92 Å². The Morgan fingerprint density at radius 1 is 1.40 bits per heavy atom. The van der Waals surface area contributed by atoms with E-state index in [0.29, 0.717) is 24.2 Å². The van der Waals surface area contributed by atoms with Gasteiger partial charge in [-0.1, -0.05) is 6.92 Å². The average Bonchev–Trinajstić information content (AvgIpc) is 2.97. The van der Waals surface area contributed by atoms with Crippen molar-refractivity contribution in [1.29, 1.82) is 0 Å². The molecule has 3 unspecified atom stereocenters. The molecule has 0 bridgehead atoms. The lowest BCUT2D eigenvalue weighted by molar-refractivity contribution is -0.142. The first-order valence-electron chi connectivity index (χ1n) is 6.53. The summed E-state index contributed by atoms with van der Waals surface area (Å²) in [4.78, 5) is 18.3. The highest BCUT2D eigenvalue weighted by molar-refractivity contribution is 5.77. The summed E-state index contributed by atoms with van der Waals surface area (Å²) in [5.41, 5.74) is 0.325. The van der Waals surface area contributed by atoms with Crippen LogP contribution in [0.5, 0.6) is 0 Å². The van der Waals surface area contributed by atoms with Crippen molar-refractivity contribution in [1.82, 2.24) is 9.97 Å². The molecule has 1 fully saturated rings. The smallest absolute Gasteiger partial charge is 0.307 e. The highest BCUT2D eigenvalue weighted by atomic mass is 19.2. The largest absolute Gasteiger partial charge is 0.481 e. The van der Waals surface area contributed by atoms with Gasteiger partial charge in [0.05, 0.1) is 11.4 Å². The molecule has 6 heteroatoms. The Bertz CT molecular complexity index is 683. The van der Waals surface area contributed by atoms with Crippen molar-refractivity contribution >= 4 is 17.0 Å². The molecule has 1 aliphatic carbocycles. The minimum atomic E-state index is -0.997. The van der Waals surface area contributed by atoms with Crippen LogP contribution in [0.4, 0.5) is 8.78 Å². The molecule has 0 spiro atoms. The zero-order chi connectivity index (χ0) is 14.4. The number of aromatic nitrogens is 2. The van der Waals surface area contributed by atoms with Gasteiger partial charge in [-0.15, -0.1) is 0 Å². The second-order valence-electron chi connectivity index (χ2n) is 5.51. The standard InChI is InChI=1S/C14H14F2N2O2/c1-6-4-7(8(5-6)14(19)20)13-17-10-3-2-9(15)11(16)12(10)18-13/h2-3,6-8H,4-5H2,1H3,(H,17,18)(H,19,20). The van der Waals surface area contributed by atoms with E-state index in [9.17, 15) is 18.7 Å². The Hall–Kier alpha value is -1.98. The summed E-state index contributed by atoms with van der Waals surface area (Å²) in [6.45, 7) is 1.98. The van der Waals surface area contributed by atoms with Gasteiger partial charge in [-0.05, 0) is 30.9 Å². The maximum atomic E-state index is 13.7. The van der Waals surface area contributed by atoms with Gasteiger partial charge in [0.1, 0.15) is 11.3 Å². The van der Waals surface area contributed by atoms with Gasteiger partial charge in [-0.2, -0.15) is 0 Å². The van der Waals surface area contributed by atoms with E-state index in [1.165, 1.54) is 6.07 Å². The quantitative estimate of drug-likeness (QED) is 0.888. The summed E-state index contributed by atoms with van der Waals surface area (Å²) >= 11 is 0. The molecule has 2 aromatic rings. The van der Waals surface area contributed by atoms with Gasteiger partial charge in [-0.3, -0.25) is 4.79 Å². The van der Waals surface area contributed by atoms with Crippen molar-refractivity contribution < 1.29 is 18.7 Å². The Kier molecular flexibility index (Phi) is 2.96. The second-order valence-corrected chi connectivity index (χ2v) is 5.51. The van der Waals surface area contributed by atoms with E-state index < -0.39 is 23.5 Å². The molecule has 3 atom stereocenters. The highest BCUT2D eigenvalue weighted by Crippen LogP contribution is 2.42. The van der Waals surface area contributed by atoms with Crippen molar-refractivity contribution in [3.8, 4) is 0 Å². The fraction of sp³-hybridized carbons (Fsp3) is 0.429. The number of fused-ring (bicyclic) bond motifs is 1. The lowest BCUT2D eigenvalue weighted by Gasteiger charge is -2.12. The predicted molar refractivity (Wildman–Crippen MR) is 68.3 cm³/mol. The zero-order valence-electron chi connectivity index (χ0n) is 10.9. The first-order chi connectivity index (χ1) is 9.47. The Balaban J connectivity index is 2.06. The monoisotopic (exact) mass is 280 g/mol. The number of hydrogen-bond acceptors (Lipinski definition) is 2. The third-order valence-electron chi connectivity index (χ3n) is 4.03. The van der Waals surface area contributed by atoms with Gasteiger partial charge in [0.15, 0.2) is 11.6 Å². The summed E-state index contributed by atoms with van der Waals surface area (Å²) in [6, 6.07) is 2.45. The normalized spacial score (nSPS) is 26.2. The fourth-order valence-corrected chi connectivity index (χ4v) is 3.08. The summed E-state index contributed by atoms with van der Waals surface area (Å²) in [6.07, 6.45) is 1.26. The molecule has 3 rings (SSSR count). The van der Waals surface area contributed by atoms with Crippen molar-refractivity contribution in [2.75, 3.05) is 0 Å². The first kappa shape index (κ1) is 13.0. The summed E-state index contributed by atoms with van der Waals surface area (Å²) in [5.74, 6) is -2.92. The number of aromatic amines is 1. The molecule has 1 aromatic carbocycles. The van der Waals surface area contributed by atoms with E-state index in [2.05, 4.69) is 9.97 Å². The Morgan fingerprint density at radius 2 is 2.15 bits per heavy atom. The van der Waals surface area contributed by atoms with Crippen LogP contribution in [-0.4, -0.2) is 21.0 Å². The first-order valence-corrected chi connectivity index (χ1v) is 6.53. The number of carbonyl (C=O) groups is 1.